The molecule has 0 aliphatic rings. The third kappa shape index (κ3) is 4.09. The molecule has 30 heavy (non-hydrogen) atoms. The summed E-state index contributed by atoms with van der Waals surface area (Å²) in [6.07, 6.45) is 0.793. The zero-order chi connectivity index (χ0) is 21.1. The Morgan fingerprint density at radius 3 is 1.40 bits per heavy atom. The van der Waals surface area contributed by atoms with Crippen molar-refractivity contribution in [1.29, 1.82) is 0 Å². The van der Waals surface area contributed by atoms with E-state index in [1.807, 2.05) is 6.07 Å². The number of aryl methyl sites for hydroxylation is 3. The molecule has 0 radical (unpaired) electrons. The summed E-state index contributed by atoms with van der Waals surface area (Å²) in [4.78, 5) is 0. The van der Waals surface area contributed by atoms with Gasteiger partial charge in [0.1, 0.15) is 29.0 Å². The fraction of sp³-hybridized carbons (Fsp3) is 0.143. The van der Waals surface area contributed by atoms with Crippen LogP contribution < -0.4 is 15.9 Å². The quantitative estimate of drug-likeness (QED) is 0.340. The van der Waals surface area contributed by atoms with E-state index in [4.69, 9.17) is 0 Å². The van der Waals surface area contributed by atoms with Gasteiger partial charge in [-0.1, -0.05) is 48.5 Å². The Morgan fingerprint density at radius 1 is 0.567 bits per heavy atom. The van der Waals surface area contributed by atoms with E-state index in [0.717, 1.165) is 11.7 Å². The molecule has 0 saturated carbocycles. The molecule has 0 amide bonds. The molecule has 0 bridgehead atoms. The topological polar surface area (TPSA) is 0 Å². The average molecular weight is 412 g/mol. The smallest absolute Gasteiger partial charge is 0.123 e. The summed E-state index contributed by atoms with van der Waals surface area (Å²) in [5.41, 5.74) is 4.78. The number of hydrogen-bond donors (Lipinski definition) is 0. The van der Waals surface area contributed by atoms with E-state index in [0.29, 0.717) is 0 Å². The van der Waals surface area contributed by atoms with Crippen molar-refractivity contribution in [3.8, 4) is 0 Å². The molecule has 0 aliphatic carbocycles. The highest BCUT2D eigenvalue weighted by Crippen LogP contribution is 2.58. The minimum Gasteiger partial charge on any atom is -0.207 e. The van der Waals surface area contributed by atoms with E-state index in [1.165, 1.54) is 38.7 Å². The van der Waals surface area contributed by atoms with Crippen molar-refractivity contribution in [3.05, 3.63) is 125 Å². The molecule has 4 aromatic rings. The maximum Gasteiger partial charge on any atom is 0.123 e. The highest BCUT2D eigenvalue weighted by molar-refractivity contribution is 7.95. The molecule has 0 unspecified atom stereocenters. The molecule has 0 N–H and O–H groups in total. The molecule has 0 atom stereocenters. The minimum absolute atomic E-state index is 0.177. The predicted octanol–water partition coefficient (Wildman–Crippen LogP) is 6.25. The second-order valence-corrected chi connectivity index (χ2v) is 11.6. The first-order chi connectivity index (χ1) is 14.5. The van der Waals surface area contributed by atoms with Gasteiger partial charge in [0.2, 0.25) is 0 Å². The molecule has 0 nitrogen and oxygen atoms in total. The van der Waals surface area contributed by atoms with Gasteiger partial charge in [0.15, 0.2) is 0 Å². The number of hydrogen-bond acceptors (Lipinski definition) is 0. The standard InChI is InChI=1S/C28H27FP/c1-21-8-4-13-26(16-21)30(27-14-5-9-22(2)17-27,28-15-6-10-23(3)18-28)20-24-11-7-12-25(29)19-24/h4-19H,20H2,1-3H3/q+1/i29-1. The van der Waals surface area contributed by atoms with E-state index in [-0.39, 0.29) is 5.82 Å². The van der Waals surface area contributed by atoms with Gasteiger partial charge in [-0.3, -0.25) is 0 Å². The predicted molar refractivity (Wildman–Crippen MR) is 129 cm³/mol. The van der Waals surface area contributed by atoms with E-state index >= 15 is 0 Å². The lowest BCUT2D eigenvalue weighted by Gasteiger charge is -2.28. The minimum atomic E-state index is -2.04. The van der Waals surface area contributed by atoms with Gasteiger partial charge in [0, 0.05) is 0 Å². The highest BCUT2D eigenvalue weighted by atomic mass is 31.2. The second kappa shape index (κ2) is 8.54. The molecule has 4 aromatic carbocycles. The number of benzene rings is 4. The van der Waals surface area contributed by atoms with Gasteiger partial charge in [-0.2, -0.15) is 0 Å². The van der Waals surface area contributed by atoms with Crippen LogP contribution in [0.1, 0.15) is 22.3 Å². The van der Waals surface area contributed by atoms with Crippen LogP contribution in [0.2, 0.25) is 0 Å². The van der Waals surface area contributed by atoms with Gasteiger partial charge >= 0.3 is 0 Å². The maximum atomic E-state index is 14.2. The lowest BCUT2D eigenvalue weighted by atomic mass is 10.2. The van der Waals surface area contributed by atoms with Gasteiger partial charge in [-0.15, -0.1) is 0 Å². The van der Waals surface area contributed by atoms with Crippen molar-refractivity contribution in [1.82, 2.24) is 0 Å². The number of halogens is 1. The van der Waals surface area contributed by atoms with Gasteiger partial charge in [0.25, 0.3) is 0 Å². The molecule has 0 fully saturated rings. The number of rotatable bonds is 5. The van der Waals surface area contributed by atoms with Crippen molar-refractivity contribution in [2.24, 2.45) is 0 Å². The van der Waals surface area contributed by atoms with Crippen LogP contribution in [-0.4, -0.2) is 0 Å². The van der Waals surface area contributed by atoms with Crippen LogP contribution in [0.3, 0.4) is 0 Å². The lowest BCUT2D eigenvalue weighted by molar-refractivity contribution is 0.626. The van der Waals surface area contributed by atoms with Crippen LogP contribution in [0.15, 0.2) is 97.1 Å². The van der Waals surface area contributed by atoms with Crippen LogP contribution in [0.5, 0.6) is 0 Å². The van der Waals surface area contributed by atoms with Crippen LogP contribution in [-0.2, 0) is 6.16 Å². The molecule has 0 saturated heterocycles. The molecular formula is C28H27FP+. The first-order valence-electron chi connectivity index (χ1n) is 10.3. The van der Waals surface area contributed by atoms with Gasteiger partial charge in [-0.05, 0) is 91.6 Å². The summed E-state index contributed by atoms with van der Waals surface area (Å²) in [6.45, 7) is 6.44. The molecular weight excluding hydrogens is 385 g/mol. The Kier molecular flexibility index (Phi) is 5.84. The van der Waals surface area contributed by atoms with Crippen LogP contribution in [0.25, 0.3) is 0 Å². The fourth-order valence-electron chi connectivity index (χ4n) is 4.23. The Hall–Kier alpha value is -2.76. The molecule has 4 rings (SSSR count). The van der Waals surface area contributed by atoms with Crippen LogP contribution in [0, 0.1) is 26.6 Å². The molecule has 0 spiro atoms. The van der Waals surface area contributed by atoms with Gasteiger partial charge in [-0.25, -0.2) is 4.39 Å². The summed E-state index contributed by atoms with van der Waals surface area (Å²) >= 11 is 0. The first-order valence-corrected chi connectivity index (χ1v) is 12.3. The summed E-state index contributed by atoms with van der Waals surface area (Å²) in [5.74, 6) is -0.177. The second-order valence-electron chi connectivity index (χ2n) is 8.11. The largest absolute Gasteiger partial charge is 0.207 e. The first kappa shape index (κ1) is 20.5. The van der Waals surface area contributed by atoms with Crippen LogP contribution in [0.4, 0.5) is 4.39 Å². The highest BCUT2D eigenvalue weighted by Gasteiger charge is 2.45. The van der Waals surface area contributed by atoms with E-state index in [1.54, 1.807) is 6.07 Å². The normalized spacial score (nSPS) is 11.5. The third-order valence-electron chi connectivity index (χ3n) is 5.64. The average Bonchev–Trinajstić information content (AvgIpc) is 2.72. The SMILES string of the molecule is Cc1cccc([P+](Cc2cccc([18F])c2)(c2cccc(C)c2)c2cccc(C)c2)c1. The zero-order valence-corrected chi connectivity index (χ0v) is 18.7. The Morgan fingerprint density at radius 2 is 1.00 bits per heavy atom. The molecule has 0 aliphatic heterocycles. The maximum absolute atomic E-state index is 14.2. The zero-order valence-electron chi connectivity index (χ0n) is 17.8. The fourth-order valence-corrected chi connectivity index (χ4v) is 8.71. The van der Waals surface area contributed by atoms with Crippen LogP contribution >= 0.6 is 7.26 Å². The monoisotopic (exact) mass is 412 g/mol. The summed E-state index contributed by atoms with van der Waals surface area (Å²) in [7, 11) is -2.04. The van der Waals surface area contributed by atoms with E-state index < -0.39 is 7.26 Å². The van der Waals surface area contributed by atoms with Crippen molar-refractivity contribution in [2.45, 2.75) is 26.9 Å². The molecule has 150 valence electrons. The summed E-state index contributed by atoms with van der Waals surface area (Å²) < 4.78 is 14.2. The van der Waals surface area contributed by atoms with Crippen molar-refractivity contribution >= 4 is 23.2 Å². The Bertz CT molecular complexity index is 1070. The molecule has 2 heteroatoms. The van der Waals surface area contributed by atoms with Gasteiger partial charge in [0.05, 0.1) is 6.16 Å². The molecule has 0 aromatic heterocycles. The Labute approximate surface area is 179 Å². The van der Waals surface area contributed by atoms with Crippen molar-refractivity contribution in [3.63, 3.8) is 0 Å². The summed E-state index contributed by atoms with van der Waals surface area (Å²) in [6, 6.07) is 33.7. The van der Waals surface area contributed by atoms with Crippen molar-refractivity contribution in [2.75, 3.05) is 0 Å². The van der Waals surface area contributed by atoms with Crippen molar-refractivity contribution < 1.29 is 4.39 Å². The lowest BCUT2D eigenvalue weighted by Crippen LogP contribution is -2.33. The van der Waals surface area contributed by atoms with E-state index in [2.05, 4.69) is 99.6 Å². The van der Waals surface area contributed by atoms with E-state index in [9.17, 15) is 4.39 Å². The van der Waals surface area contributed by atoms with Gasteiger partial charge < -0.3 is 0 Å². The summed E-state index contributed by atoms with van der Waals surface area (Å²) in [5, 5.41) is 4.01. The third-order valence-corrected chi connectivity index (χ3v) is 9.95. The Balaban J connectivity index is 2.06. The molecule has 0 heterocycles.